The van der Waals surface area contributed by atoms with Gasteiger partial charge in [0.2, 0.25) is 0 Å². The summed E-state index contributed by atoms with van der Waals surface area (Å²) in [7, 11) is 1.66. The summed E-state index contributed by atoms with van der Waals surface area (Å²) < 4.78 is 31.5. The number of hydrogen-bond acceptors (Lipinski definition) is 6. The molecule has 0 saturated carbocycles. The van der Waals surface area contributed by atoms with Crippen LogP contribution in [0.3, 0.4) is 0 Å². The van der Waals surface area contributed by atoms with Gasteiger partial charge >= 0.3 is 0 Å². The van der Waals surface area contributed by atoms with E-state index in [9.17, 15) is 0 Å². The average Bonchev–Trinajstić information content (AvgIpc) is 2.45. The van der Waals surface area contributed by atoms with Crippen LogP contribution in [0.15, 0.2) is 0 Å². The standard InChI is InChI=1S/C14H30O6/c1-4-16-9-10-19-13-18-6-5-14(2)20-12-11-17-8-7-15-3/h14H,4-13H2,1-3H3. The fourth-order valence-electron chi connectivity index (χ4n) is 1.32. The molecule has 0 heterocycles. The van der Waals surface area contributed by atoms with Crippen LogP contribution in [0.4, 0.5) is 0 Å². The van der Waals surface area contributed by atoms with Crippen molar-refractivity contribution in [2.75, 3.05) is 66.8 Å². The smallest absolute Gasteiger partial charge is 0.146 e. The highest BCUT2D eigenvalue weighted by Gasteiger charge is 2.02. The molecular weight excluding hydrogens is 264 g/mol. The first-order valence-corrected chi connectivity index (χ1v) is 7.22. The van der Waals surface area contributed by atoms with E-state index in [0.717, 1.165) is 6.42 Å². The molecule has 0 aliphatic heterocycles. The number of ether oxygens (including phenoxy) is 6. The van der Waals surface area contributed by atoms with Crippen LogP contribution in [0, 0.1) is 0 Å². The van der Waals surface area contributed by atoms with Crippen molar-refractivity contribution in [3.63, 3.8) is 0 Å². The van der Waals surface area contributed by atoms with Crippen molar-refractivity contribution in [3.05, 3.63) is 0 Å². The number of hydrogen-bond donors (Lipinski definition) is 0. The lowest BCUT2D eigenvalue weighted by atomic mass is 10.3. The van der Waals surface area contributed by atoms with E-state index >= 15 is 0 Å². The summed E-state index contributed by atoms with van der Waals surface area (Å²) in [5.41, 5.74) is 0. The maximum atomic E-state index is 5.58. The van der Waals surface area contributed by atoms with Crippen LogP contribution in [-0.4, -0.2) is 72.9 Å². The quantitative estimate of drug-likeness (QED) is 0.317. The van der Waals surface area contributed by atoms with E-state index in [1.807, 2.05) is 13.8 Å². The third kappa shape index (κ3) is 15.8. The van der Waals surface area contributed by atoms with Gasteiger partial charge in [0, 0.05) is 13.7 Å². The Kier molecular flexibility index (Phi) is 16.6. The van der Waals surface area contributed by atoms with Crippen LogP contribution in [0.1, 0.15) is 20.3 Å². The lowest BCUT2D eigenvalue weighted by molar-refractivity contribution is -0.0785. The summed E-state index contributed by atoms with van der Waals surface area (Å²) in [5.74, 6) is 0. The number of methoxy groups -OCH3 is 1. The molecule has 0 radical (unpaired) electrons. The molecule has 0 spiro atoms. The van der Waals surface area contributed by atoms with Crippen LogP contribution in [0.5, 0.6) is 0 Å². The van der Waals surface area contributed by atoms with Crippen LogP contribution in [-0.2, 0) is 28.4 Å². The lowest BCUT2D eigenvalue weighted by Gasteiger charge is -2.13. The molecule has 1 unspecified atom stereocenters. The first-order valence-electron chi connectivity index (χ1n) is 7.22. The maximum absolute atomic E-state index is 5.58. The topological polar surface area (TPSA) is 55.4 Å². The molecule has 0 saturated heterocycles. The molecule has 122 valence electrons. The average molecular weight is 294 g/mol. The van der Waals surface area contributed by atoms with Crippen LogP contribution in [0.25, 0.3) is 0 Å². The second-order valence-corrected chi connectivity index (χ2v) is 4.21. The van der Waals surface area contributed by atoms with E-state index in [2.05, 4.69) is 0 Å². The third-order valence-electron chi connectivity index (χ3n) is 2.47. The minimum Gasteiger partial charge on any atom is -0.382 e. The molecule has 6 heteroatoms. The highest BCUT2D eigenvalue weighted by Crippen LogP contribution is 1.98. The summed E-state index contributed by atoms with van der Waals surface area (Å²) in [6.45, 7) is 9.22. The zero-order chi connectivity index (χ0) is 14.9. The molecule has 0 aliphatic rings. The van der Waals surface area contributed by atoms with E-state index in [0.29, 0.717) is 59.6 Å². The van der Waals surface area contributed by atoms with E-state index in [4.69, 9.17) is 28.4 Å². The van der Waals surface area contributed by atoms with Gasteiger partial charge in [-0.25, -0.2) is 0 Å². The first kappa shape index (κ1) is 19.8. The second kappa shape index (κ2) is 16.8. The third-order valence-corrected chi connectivity index (χ3v) is 2.47. The molecule has 0 fully saturated rings. The van der Waals surface area contributed by atoms with Gasteiger partial charge in [-0.15, -0.1) is 0 Å². The predicted octanol–water partition coefficient (Wildman–Crippen LogP) is 1.47. The number of rotatable bonds is 16. The van der Waals surface area contributed by atoms with Crippen molar-refractivity contribution in [3.8, 4) is 0 Å². The predicted molar refractivity (Wildman–Crippen MR) is 76.0 cm³/mol. The lowest BCUT2D eigenvalue weighted by Crippen LogP contribution is -2.16. The van der Waals surface area contributed by atoms with Crippen LogP contribution < -0.4 is 0 Å². The van der Waals surface area contributed by atoms with Gasteiger partial charge in [-0.1, -0.05) is 0 Å². The molecule has 0 aromatic carbocycles. The Balaban J connectivity index is 3.10. The van der Waals surface area contributed by atoms with E-state index in [-0.39, 0.29) is 6.10 Å². The molecule has 0 N–H and O–H groups in total. The van der Waals surface area contributed by atoms with Gasteiger partial charge < -0.3 is 28.4 Å². The van der Waals surface area contributed by atoms with E-state index < -0.39 is 0 Å². The van der Waals surface area contributed by atoms with Gasteiger partial charge in [0.15, 0.2) is 0 Å². The molecule has 0 amide bonds. The maximum Gasteiger partial charge on any atom is 0.146 e. The second-order valence-electron chi connectivity index (χ2n) is 4.21. The van der Waals surface area contributed by atoms with E-state index in [1.54, 1.807) is 7.11 Å². The monoisotopic (exact) mass is 294 g/mol. The van der Waals surface area contributed by atoms with Crippen molar-refractivity contribution in [1.29, 1.82) is 0 Å². The van der Waals surface area contributed by atoms with Crippen molar-refractivity contribution in [1.82, 2.24) is 0 Å². The summed E-state index contributed by atoms with van der Waals surface area (Å²) in [6.07, 6.45) is 0.997. The normalized spacial score (nSPS) is 12.8. The fourth-order valence-corrected chi connectivity index (χ4v) is 1.32. The molecule has 6 nitrogen and oxygen atoms in total. The van der Waals surface area contributed by atoms with Crippen molar-refractivity contribution >= 4 is 0 Å². The summed E-state index contributed by atoms with van der Waals surface area (Å²) >= 11 is 0. The molecular formula is C14H30O6. The fraction of sp³-hybridized carbons (Fsp3) is 1.00. The van der Waals surface area contributed by atoms with Gasteiger partial charge in [-0.2, -0.15) is 0 Å². The van der Waals surface area contributed by atoms with Gasteiger partial charge in [-0.3, -0.25) is 0 Å². The summed E-state index contributed by atoms with van der Waals surface area (Å²) in [4.78, 5) is 0. The first-order chi connectivity index (χ1) is 9.81. The highest BCUT2D eigenvalue weighted by atomic mass is 16.7. The van der Waals surface area contributed by atoms with Gasteiger partial charge in [0.1, 0.15) is 6.79 Å². The Morgan fingerprint density at radius 2 is 1.40 bits per heavy atom. The Morgan fingerprint density at radius 3 is 2.15 bits per heavy atom. The van der Waals surface area contributed by atoms with Crippen LogP contribution in [0.2, 0.25) is 0 Å². The van der Waals surface area contributed by atoms with Crippen LogP contribution >= 0.6 is 0 Å². The largest absolute Gasteiger partial charge is 0.382 e. The Bertz CT molecular complexity index is 179. The molecule has 1 atom stereocenters. The zero-order valence-corrected chi connectivity index (χ0v) is 13.1. The molecule has 0 aliphatic carbocycles. The molecule has 0 rings (SSSR count). The minimum absolute atomic E-state index is 0.157. The van der Waals surface area contributed by atoms with Gasteiger partial charge in [0.05, 0.1) is 52.4 Å². The van der Waals surface area contributed by atoms with Crippen molar-refractivity contribution in [2.24, 2.45) is 0 Å². The molecule has 0 bridgehead atoms. The Hall–Kier alpha value is -0.240. The van der Waals surface area contributed by atoms with Gasteiger partial charge in [0.25, 0.3) is 0 Å². The molecule has 0 aromatic rings. The minimum atomic E-state index is 0.157. The molecule has 20 heavy (non-hydrogen) atoms. The summed E-state index contributed by atoms with van der Waals surface area (Å²) in [6, 6.07) is 0. The van der Waals surface area contributed by atoms with E-state index in [1.165, 1.54) is 0 Å². The Morgan fingerprint density at radius 1 is 0.750 bits per heavy atom. The van der Waals surface area contributed by atoms with Crippen molar-refractivity contribution in [2.45, 2.75) is 26.4 Å². The zero-order valence-electron chi connectivity index (χ0n) is 13.1. The Labute approximate surface area is 122 Å². The van der Waals surface area contributed by atoms with Crippen molar-refractivity contribution < 1.29 is 28.4 Å². The van der Waals surface area contributed by atoms with Gasteiger partial charge in [-0.05, 0) is 20.3 Å². The molecule has 0 aromatic heterocycles. The summed E-state index contributed by atoms with van der Waals surface area (Å²) in [5, 5.41) is 0. The highest BCUT2D eigenvalue weighted by molar-refractivity contribution is 4.48. The SMILES string of the molecule is CCOCCOCOCCC(C)OCCOCCOC.